The van der Waals surface area contributed by atoms with Crippen LogP contribution >= 0.6 is 0 Å². The summed E-state index contributed by atoms with van der Waals surface area (Å²) in [5.74, 6) is 0.955. The van der Waals surface area contributed by atoms with Crippen LogP contribution in [-0.4, -0.2) is 18.0 Å². The summed E-state index contributed by atoms with van der Waals surface area (Å²) in [4.78, 5) is 4.69. The first-order valence-electron chi connectivity index (χ1n) is 5.98. The van der Waals surface area contributed by atoms with Crippen molar-refractivity contribution in [2.45, 2.75) is 58.1 Å². The molecule has 0 aromatic heterocycles. The van der Waals surface area contributed by atoms with Crippen LogP contribution in [0, 0.1) is 5.41 Å². The Morgan fingerprint density at radius 1 is 1.47 bits per heavy atom. The van der Waals surface area contributed by atoms with E-state index < -0.39 is 0 Å². The fourth-order valence-electron chi connectivity index (χ4n) is 2.30. The van der Waals surface area contributed by atoms with Crippen molar-refractivity contribution in [3.05, 3.63) is 12.7 Å². The molecule has 2 rings (SSSR count). The molecular weight excluding hydrogens is 186 g/mol. The van der Waals surface area contributed by atoms with E-state index in [2.05, 4.69) is 25.4 Å². The summed E-state index contributed by atoms with van der Waals surface area (Å²) >= 11 is 0. The largest absolute Gasteiger partial charge is 0.475 e. The van der Waals surface area contributed by atoms with Gasteiger partial charge < -0.3 is 4.74 Å². The average Bonchev–Trinajstić information content (AvgIpc) is 2.58. The summed E-state index contributed by atoms with van der Waals surface area (Å²) in [6.45, 7) is 8.20. The topological polar surface area (TPSA) is 21.6 Å². The van der Waals surface area contributed by atoms with E-state index in [4.69, 9.17) is 4.74 Å². The molecule has 1 saturated carbocycles. The first-order valence-corrected chi connectivity index (χ1v) is 5.98. The number of aliphatic imine (C=N–C) groups is 1. The summed E-state index contributed by atoms with van der Waals surface area (Å²) in [5.41, 5.74) is 0.103. The molecule has 0 amide bonds. The lowest BCUT2D eigenvalue weighted by Crippen LogP contribution is -2.26. The minimum Gasteiger partial charge on any atom is -0.475 e. The van der Waals surface area contributed by atoms with E-state index in [0.29, 0.717) is 12.1 Å². The second kappa shape index (κ2) is 3.99. The molecule has 0 aromatic carbocycles. The number of allylic oxidation sites excluding steroid dienone is 1. The minimum absolute atomic E-state index is 0.103. The van der Waals surface area contributed by atoms with Gasteiger partial charge >= 0.3 is 0 Å². The molecule has 15 heavy (non-hydrogen) atoms. The predicted molar refractivity (Wildman–Crippen MR) is 63.2 cm³/mol. The van der Waals surface area contributed by atoms with Gasteiger partial charge in [0.15, 0.2) is 5.90 Å². The Morgan fingerprint density at radius 3 is 2.87 bits per heavy atom. The lowest BCUT2D eigenvalue weighted by molar-refractivity contribution is 0.146. The third-order valence-electron chi connectivity index (χ3n) is 3.42. The Labute approximate surface area is 92.4 Å². The Hall–Kier alpha value is -0.790. The molecule has 1 heterocycles. The maximum atomic E-state index is 5.91. The minimum atomic E-state index is 0.103. The highest BCUT2D eigenvalue weighted by Crippen LogP contribution is 2.32. The standard InChI is InChI=1S/C13H21NO/c1-4-13(2,3)9-12-14-10-7-5-6-8-11(10)15-12/h4,10-11H,1,5-9H2,2-3H3. The van der Waals surface area contributed by atoms with Crippen LogP contribution < -0.4 is 0 Å². The molecule has 0 saturated heterocycles. The third kappa shape index (κ3) is 2.42. The van der Waals surface area contributed by atoms with E-state index in [9.17, 15) is 0 Å². The Bertz CT molecular complexity index is 280. The van der Waals surface area contributed by atoms with E-state index in [1.165, 1.54) is 25.7 Å². The monoisotopic (exact) mass is 207 g/mol. The summed E-state index contributed by atoms with van der Waals surface area (Å²) in [7, 11) is 0. The van der Waals surface area contributed by atoms with Gasteiger partial charge in [-0.25, -0.2) is 4.99 Å². The smallest absolute Gasteiger partial charge is 0.184 e. The van der Waals surface area contributed by atoms with E-state index >= 15 is 0 Å². The fraction of sp³-hybridized carbons (Fsp3) is 0.769. The van der Waals surface area contributed by atoms with Gasteiger partial charge in [-0.15, -0.1) is 6.58 Å². The zero-order valence-corrected chi connectivity index (χ0v) is 9.83. The highest BCUT2D eigenvalue weighted by atomic mass is 16.5. The SMILES string of the molecule is C=CC(C)(C)CC1=NC2CCCCC2O1. The van der Waals surface area contributed by atoms with E-state index in [0.717, 1.165) is 12.3 Å². The molecule has 84 valence electrons. The molecule has 2 heteroatoms. The fourth-order valence-corrected chi connectivity index (χ4v) is 2.30. The van der Waals surface area contributed by atoms with Gasteiger partial charge in [0.2, 0.25) is 0 Å². The maximum Gasteiger partial charge on any atom is 0.184 e. The van der Waals surface area contributed by atoms with Crippen molar-refractivity contribution in [2.24, 2.45) is 10.4 Å². The van der Waals surface area contributed by atoms with Gasteiger partial charge in [-0.2, -0.15) is 0 Å². The zero-order valence-electron chi connectivity index (χ0n) is 9.83. The van der Waals surface area contributed by atoms with Crippen LogP contribution in [0.15, 0.2) is 17.6 Å². The summed E-state index contributed by atoms with van der Waals surface area (Å²) in [6.07, 6.45) is 8.27. The molecule has 2 atom stereocenters. The molecule has 0 aromatic rings. The van der Waals surface area contributed by atoms with Gasteiger partial charge in [-0.1, -0.05) is 26.3 Å². The van der Waals surface area contributed by atoms with Gasteiger partial charge in [-0.05, 0) is 24.7 Å². The van der Waals surface area contributed by atoms with Gasteiger partial charge in [0.1, 0.15) is 6.10 Å². The quantitative estimate of drug-likeness (QED) is 0.650. The van der Waals surface area contributed by atoms with Crippen LogP contribution in [0.25, 0.3) is 0 Å². The van der Waals surface area contributed by atoms with Gasteiger partial charge in [0.05, 0.1) is 6.04 Å². The van der Waals surface area contributed by atoms with Gasteiger partial charge in [-0.3, -0.25) is 0 Å². The zero-order chi connectivity index (χ0) is 10.9. The average molecular weight is 207 g/mol. The molecule has 0 bridgehead atoms. The number of rotatable bonds is 3. The predicted octanol–water partition coefficient (Wildman–Crippen LogP) is 3.33. The highest BCUT2D eigenvalue weighted by Gasteiger charge is 2.34. The molecule has 0 N–H and O–H groups in total. The van der Waals surface area contributed by atoms with Crippen molar-refractivity contribution >= 4 is 5.90 Å². The van der Waals surface area contributed by atoms with Crippen molar-refractivity contribution in [3.63, 3.8) is 0 Å². The molecule has 0 radical (unpaired) electrons. The van der Waals surface area contributed by atoms with Crippen molar-refractivity contribution in [1.29, 1.82) is 0 Å². The van der Waals surface area contributed by atoms with Crippen molar-refractivity contribution in [3.8, 4) is 0 Å². The molecular formula is C13H21NO. The van der Waals surface area contributed by atoms with Crippen molar-refractivity contribution in [2.75, 3.05) is 0 Å². The Kier molecular flexibility index (Phi) is 2.85. The lowest BCUT2D eigenvalue weighted by atomic mass is 9.90. The summed E-state index contributed by atoms with van der Waals surface area (Å²) in [6, 6.07) is 0.453. The van der Waals surface area contributed by atoms with Gasteiger partial charge in [0, 0.05) is 6.42 Å². The van der Waals surface area contributed by atoms with E-state index in [-0.39, 0.29) is 5.41 Å². The van der Waals surface area contributed by atoms with Crippen LogP contribution in [0.5, 0.6) is 0 Å². The molecule has 1 fully saturated rings. The number of hydrogen-bond acceptors (Lipinski definition) is 2. The van der Waals surface area contributed by atoms with Crippen LogP contribution in [-0.2, 0) is 4.74 Å². The van der Waals surface area contributed by atoms with E-state index in [1.54, 1.807) is 0 Å². The number of hydrogen-bond donors (Lipinski definition) is 0. The Morgan fingerprint density at radius 2 is 2.20 bits per heavy atom. The summed E-state index contributed by atoms with van der Waals surface area (Å²) < 4.78 is 5.91. The molecule has 1 aliphatic heterocycles. The lowest BCUT2D eigenvalue weighted by Gasteiger charge is -2.23. The van der Waals surface area contributed by atoms with Crippen LogP contribution in [0.2, 0.25) is 0 Å². The van der Waals surface area contributed by atoms with E-state index in [1.807, 2.05) is 6.08 Å². The van der Waals surface area contributed by atoms with Crippen LogP contribution in [0.1, 0.15) is 46.0 Å². The third-order valence-corrected chi connectivity index (χ3v) is 3.42. The van der Waals surface area contributed by atoms with Crippen LogP contribution in [0.4, 0.5) is 0 Å². The number of ether oxygens (including phenoxy) is 1. The highest BCUT2D eigenvalue weighted by molar-refractivity contribution is 5.79. The molecule has 2 aliphatic rings. The Balaban J connectivity index is 1.97. The normalized spacial score (nSPS) is 30.4. The summed E-state index contributed by atoms with van der Waals surface area (Å²) in [5, 5.41) is 0. The molecule has 0 spiro atoms. The second-order valence-corrected chi connectivity index (χ2v) is 5.40. The van der Waals surface area contributed by atoms with Crippen molar-refractivity contribution < 1.29 is 4.74 Å². The first-order chi connectivity index (χ1) is 7.11. The second-order valence-electron chi connectivity index (χ2n) is 5.40. The maximum absolute atomic E-state index is 5.91. The van der Waals surface area contributed by atoms with Gasteiger partial charge in [0.25, 0.3) is 0 Å². The van der Waals surface area contributed by atoms with Crippen LogP contribution in [0.3, 0.4) is 0 Å². The molecule has 1 aliphatic carbocycles. The number of fused-ring (bicyclic) bond motifs is 1. The first kappa shape index (κ1) is 10.7. The molecule has 2 unspecified atom stereocenters. The van der Waals surface area contributed by atoms with Crippen molar-refractivity contribution in [1.82, 2.24) is 0 Å². The molecule has 2 nitrogen and oxygen atoms in total. The number of nitrogens with zero attached hydrogens (tertiary/aromatic N) is 1.